The van der Waals surface area contributed by atoms with Gasteiger partial charge in [-0.3, -0.25) is 0 Å². The molecule has 2 N–H and O–H groups in total. The molecule has 9 heteroatoms. The number of ether oxygens (including phenoxy) is 1. The molecule has 1 aromatic carbocycles. The Kier molecular flexibility index (Phi) is 7.59. The first-order valence-electron chi connectivity index (χ1n) is 11.7. The highest BCUT2D eigenvalue weighted by atomic mass is 19.1. The van der Waals surface area contributed by atoms with Crippen LogP contribution in [0.1, 0.15) is 38.5 Å². The monoisotopic (exact) mass is 455 g/mol. The van der Waals surface area contributed by atoms with Gasteiger partial charge in [0.15, 0.2) is 11.6 Å². The molecule has 4 rings (SSSR count). The molecule has 8 nitrogen and oxygen atoms in total. The molecule has 2 aromatic rings. The maximum Gasteiger partial charge on any atom is 0.233 e. The van der Waals surface area contributed by atoms with Crippen LogP contribution in [-0.4, -0.2) is 66.2 Å². The molecule has 1 aromatic heterocycles. The summed E-state index contributed by atoms with van der Waals surface area (Å²) in [5.41, 5.74) is 0.553. The van der Waals surface area contributed by atoms with E-state index in [1.54, 1.807) is 12.1 Å². The summed E-state index contributed by atoms with van der Waals surface area (Å²) in [6.45, 7) is 2.10. The summed E-state index contributed by atoms with van der Waals surface area (Å²) in [5, 5.41) is 6.66. The van der Waals surface area contributed by atoms with E-state index in [0.29, 0.717) is 35.6 Å². The highest BCUT2D eigenvalue weighted by Crippen LogP contribution is 2.26. The number of rotatable bonds is 7. The SMILES string of the molecule is COc1ccc(Nc2nc(NC3CCC=CCC3)nc(N(C)C3CCN(C)CC3)n2)cc1F. The fourth-order valence-electron chi connectivity index (χ4n) is 4.36. The van der Waals surface area contributed by atoms with Crippen molar-refractivity contribution in [1.29, 1.82) is 0 Å². The molecule has 0 unspecified atom stereocenters. The van der Waals surface area contributed by atoms with E-state index in [4.69, 9.17) is 9.72 Å². The van der Waals surface area contributed by atoms with Crippen molar-refractivity contribution in [3.8, 4) is 5.75 Å². The Bertz CT molecular complexity index is 952. The maximum absolute atomic E-state index is 14.2. The van der Waals surface area contributed by atoms with E-state index in [-0.39, 0.29) is 5.75 Å². The molecule has 0 radical (unpaired) electrons. The Morgan fingerprint density at radius 2 is 1.73 bits per heavy atom. The smallest absolute Gasteiger partial charge is 0.233 e. The molecule has 0 saturated carbocycles. The summed E-state index contributed by atoms with van der Waals surface area (Å²) in [6, 6.07) is 5.38. The van der Waals surface area contributed by atoms with Crippen molar-refractivity contribution >= 4 is 23.5 Å². The van der Waals surface area contributed by atoms with Crippen molar-refractivity contribution in [3.63, 3.8) is 0 Å². The molecule has 2 heterocycles. The number of nitrogens with zero attached hydrogens (tertiary/aromatic N) is 5. The molecule has 0 atom stereocenters. The zero-order valence-electron chi connectivity index (χ0n) is 19.7. The quantitative estimate of drug-likeness (QED) is 0.602. The van der Waals surface area contributed by atoms with Crippen molar-refractivity contribution in [1.82, 2.24) is 19.9 Å². The average Bonchev–Trinajstić information content (AvgIpc) is 3.08. The fraction of sp³-hybridized carbons (Fsp3) is 0.542. The summed E-state index contributed by atoms with van der Waals surface area (Å²) in [4.78, 5) is 18.5. The van der Waals surface area contributed by atoms with Gasteiger partial charge in [-0.05, 0) is 70.8 Å². The Balaban J connectivity index is 1.58. The van der Waals surface area contributed by atoms with Gasteiger partial charge < -0.3 is 25.2 Å². The van der Waals surface area contributed by atoms with E-state index in [2.05, 4.69) is 49.6 Å². The van der Waals surface area contributed by atoms with Crippen LogP contribution in [0, 0.1) is 5.82 Å². The van der Waals surface area contributed by atoms with Crippen LogP contribution in [0.2, 0.25) is 0 Å². The van der Waals surface area contributed by atoms with Crippen LogP contribution in [0.15, 0.2) is 30.4 Å². The van der Waals surface area contributed by atoms with E-state index >= 15 is 0 Å². The van der Waals surface area contributed by atoms with Crippen LogP contribution in [0.3, 0.4) is 0 Å². The van der Waals surface area contributed by atoms with Gasteiger partial charge >= 0.3 is 0 Å². The van der Waals surface area contributed by atoms with Crippen LogP contribution >= 0.6 is 0 Å². The van der Waals surface area contributed by atoms with Crippen LogP contribution in [0.5, 0.6) is 5.75 Å². The number of aromatic nitrogens is 3. The molecule has 0 spiro atoms. The number of hydrogen-bond donors (Lipinski definition) is 2. The van der Waals surface area contributed by atoms with Gasteiger partial charge in [-0.25, -0.2) is 4.39 Å². The minimum absolute atomic E-state index is 0.197. The van der Waals surface area contributed by atoms with Gasteiger partial charge in [0, 0.05) is 30.9 Å². The first kappa shape index (κ1) is 23.2. The number of anilines is 4. The second-order valence-electron chi connectivity index (χ2n) is 8.87. The normalized spacial score (nSPS) is 18.1. The van der Waals surface area contributed by atoms with Gasteiger partial charge in [-0.2, -0.15) is 15.0 Å². The van der Waals surface area contributed by atoms with Crippen LogP contribution in [0.25, 0.3) is 0 Å². The Hall–Kier alpha value is -2.94. The zero-order chi connectivity index (χ0) is 23.2. The molecule has 0 amide bonds. The number of methoxy groups -OCH3 is 1. The number of nitrogens with one attached hydrogen (secondary N) is 2. The number of likely N-dealkylation sites (tertiary alicyclic amines) is 1. The third kappa shape index (κ3) is 6.10. The predicted octanol–water partition coefficient (Wildman–Crippen LogP) is 4.20. The van der Waals surface area contributed by atoms with Crippen molar-refractivity contribution < 1.29 is 9.13 Å². The minimum Gasteiger partial charge on any atom is -0.494 e. The molecule has 2 aliphatic rings. The van der Waals surface area contributed by atoms with Crippen molar-refractivity contribution in [3.05, 3.63) is 36.2 Å². The third-order valence-electron chi connectivity index (χ3n) is 6.45. The topological polar surface area (TPSA) is 78.4 Å². The van der Waals surface area contributed by atoms with E-state index in [1.807, 2.05) is 7.05 Å². The first-order valence-corrected chi connectivity index (χ1v) is 11.7. The first-order chi connectivity index (χ1) is 16.0. The van der Waals surface area contributed by atoms with E-state index in [1.165, 1.54) is 13.2 Å². The van der Waals surface area contributed by atoms with Gasteiger partial charge in [0.05, 0.1) is 7.11 Å². The average molecular weight is 456 g/mol. The summed E-state index contributed by atoms with van der Waals surface area (Å²) < 4.78 is 19.2. The number of allylic oxidation sites excluding steroid dienone is 2. The number of benzene rings is 1. The van der Waals surface area contributed by atoms with Gasteiger partial charge in [-0.1, -0.05) is 12.2 Å². The lowest BCUT2D eigenvalue weighted by Crippen LogP contribution is -2.42. The minimum atomic E-state index is -0.440. The zero-order valence-corrected chi connectivity index (χ0v) is 19.7. The lowest BCUT2D eigenvalue weighted by atomic mass is 10.0. The standard InChI is InChI=1S/C24H34FN7O/c1-31-14-12-19(13-15-31)32(2)24-29-22(26-17-8-6-4-5-7-9-17)28-23(30-24)27-18-10-11-21(33-3)20(25)16-18/h4-5,10-11,16-17,19H,6-9,12-15H2,1-3H3,(H2,26,27,28,29,30). The molecule has 1 saturated heterocycles. The van der Waals surface area contributed by atoms with E-state index < -0.39 is 5.82 Å². The highest BCUT2D eigenvalue weighted by Gasteiger charge is 2.24. The molecular weight excluding hydrogens is 421 g/mol. The lowest BCUT2D eigenvalue weighted by Gasteiger charge is -2.35. The van der Waals surface area contributed by atoms with Crippen LogP contribution in [-0.2, 0) is 0 Å². The Morgan fingerprint density at radius 1 is 1.03 bits per heavy atom. The second-order valence-corrected chi connectivity index (χ2v) is 8.87. The highest BCUT2D eigenvalue weighted by molar-refractivity contribution is 5.57. The fourth-order valence-corrected chi connectivity index (χ4v) is 4.36. The predicted molar refractivity (Wildman–Crippen MR) is 130 cm³/mol. The van der Waals surface area contributed by atoms with Crippen molar-refractivity contribution in [2.45, 2.75) is 50.6 Å². The summed E-state index contributed by atoms with van der Waals surface area (Å²) in [7, 11) is 5.64. The van der Waals surface area contributed by atoms with Gasteiger partial charge in [0.25, 0.3) is 0 Å². The summed E-state index contributed by atoms with van der Waals surface area (Å²) in [5.74, 6) is 1.31. The van der Waals surface area contributed by atoms with Crippen LogP contribution in [0.4, 0.5) is 27.9 Å². The Labute approximate surface area is 195 Å². The largest absolute Gasteiger partial charge is 0.494 e. The van der Waals surface area contributed by atoms with Crippen LogP contribution < -0.4 is 20.3 Å². The number of hydrogen-bond acceptors (Lipinski definition) is 8. The summed E-state index contributed by atoms with van der Waals surface area (Å²) >= 11 is 0. The number of piperidine rings is 1. The molecular formula is C24H34FN7O. The molecule has 33 heavy (non-hydrogen) atoms. The molecule has 1 aliphatic carbocycles. The van der Waals surface area contributed by atoms with Crippen molar-refractivity contribution in [2.75, 3.05) is 49.8 Å². The second kappa shape index (κ2) is 10.8. The van der Waals surface area contributed by atoms with Gasteiger partial charge in [0.2, 0.25) is 17.8 Å². The summed E-state index contributed by atoms with van der Waals surface area (Å²) in [6.07, 6.45) is 10.7. The molecule has 178 valence electrons. The molecule has 0 bridgehead atoms. The molecule has 1 fully saturated rings. The third-order valence-corrected chi connectivity index (χ3v) is 6.45. The van der Waals surface area contributed by atoms with Gasteiger partial charge in [-0.15, -0.1) is 0 Å². The lowest BCUT2D eigenvalue weighted by molar-refractivity contribution is 0.252. The number of halogens is 1. The van der Waals surface area contributed by atoms with Crippen molar-refractivity contribution in [2.24, 2.45) is 0 Å². The van der Waals surface area contributed by atoms with Gasteiger partial charge in [0.1, 0.15) is 0 Å². The molecule has 1 aliphatic heterocycles. The van der Waals surface area contributed by atoms with E-state index in [0.717, 1.165) is 51.6 Å². The Morgan fingerprint density at radius 3 is 2.39 bits per heavy atom. The maximum atomic E-state index is 14.2. The van der Waals surface area contributed by atoms with E-state index in [9.17, 15) is 4.39 Å².